The molecule has 0 aliphatic carbocycles. The SMILES string of the molecule is C=C(F)/C=C\C.C=C/C=C/c1c(-c2ccc(S(C)(=O)=O)cc2)nn(CCc2ccccc2)c1C(F)(F)F. The van der Waals surface area contributed by atoms with E-state index >= 15 is 0 Å². The van der Waals surface area contributed by atoms with Crippen LogP contribution in [0.1, 0.15) is 23.7 Å². The van der Waals surface area contributed by atoms with Crippen molar-refractivity contribution in [2.24, 2.45) is 0 Å². The van der Waals surface area contributed by atoms with Crippen LogP contribution in [0.25, 0.3) is 17.3 Å². The fraction of sp³-hybridized carbons (Fsp3) is 0.179. The Morgan fingerprint density at radius 1 is 1.08 bits per heavy atom. The van der Waals surface area contributed by atoms with Gasteiger partial charge in [-0.15, -0.1) is 0 Å². The Bertz CT molecular complexity index is 1370. The average molecular weight is 533 g/mol. The van der Waals surface area contributed by atoms with E-state index in [-0.39, 0.29) is 22.7 Å². The number of rotatable bonds is 8. The number of alkyl halides is 3. The van der Waals surface area contributed by atoms with Crippen LogP contribution in [0.3, 0.4) is 0 Å². The summed E-state index contributed by atoms with van der Waals surface area (Å²) in [6.45, 7) is 8.30. The van der Waals surface area contributed by atoms with Crippen molar-refractivity contribution in [2.45, 2.75) is 31.0 Å². The quantitative estimate of drug-likeness (QED) is 0.224. The first kappa shape index (κ1) is 29.5. The Kier molecular flexibility index (Phi) is 10.4. The number of hydrogen-bond acceptors (Lipinski definition) is 3. The molecule has 0 bridgehead atoms. The van der Waals surface area contributed by atoms with E-state index in [4.69, 9.17) is 0 Å². The molecule has 196 valence electrons. The summed E-state index contributed by atoms with van der Waals surface area (Å²) >= 11 is 0. The normalized spacial score (nSPS) is 11.9. The molecule has 3 aromatic rings. The standard InChI is InChI=1S/C23H21F3N2O2S.C5H7F/c1-3-4-10-20-21(18-11-13-19(14-12-18)31(2,29)30)27-28(22(20)23(24,25)26)16-15-17-8-6-5-7-9-17;1-3-4-5(2)6/h3-14H,1,15-16H2,2H3;3-4H,2H2,1H3/b10-4+;4-3-. The summed E-state index contributed by atoms with van der Waals surface area (Å²) in [6.07, 6.45) is 3.85. The second-order valence-corrected chi connectivity index (χ2v) is 9.92. The van der Waals surface area contributed by atoms with Crippen LogP contribution in [0, 0.1) is 0 Å². The third kappa shape index (κ3) is 8.71. The number of benzene rings is 2. The first-order valence-electron chi connectivity index (χ1n) is 11.2. The molecule has 0 N–H and O–H groups in total. The van der Waals surface area contributed by atoms with Crippen LogP contribution in [-0.4, -0.2) is 24.5 Å². The number of aryl methyl sites for hydroxylation is 2. The van der Waals surface area contributed by atoms with Gasteiger partial charge in [0.05, 0.1) is 4.90 Å². The molecule has 0 unspecified atom stereocenters. The molecule has 0 saturated heterocycles. The van der Waals surface area contributed by atoms with E-state index in [1.54, 1.807) is 13.0 Å². The highest BCUT2D eigenvalue weighted by atomic mass is 32.2. The fourth-order valence-corrected chi connectivity index (χ4v) is 4.02. The summed E-state index contributed by atoms with van der Waals surface area (Å²) in [6, 6.07) is 14.8. The molecule has 0 aliphatic rings. The molecule has 2 aromatic carbocycles. The highest BCUT2D eigenvalue weighted by Crippen LogP contribution is 2.38. The first-order chi connectivity index (χ1) is 17.4. The molecule has 0 saturated carbocycles. The largest absolute Gasteiger partial charge is 0.433 e. The van der Waals surface area contributed by atoms with Gasteiger partial charge < -0.3 is 0 Å². The molecule has 0 fully saturated rings. The van der Waals surface area contributed by atoms with E-state index in [1.165, 1.54) is 48.6 Å². The minimum absolute atomic E-state index is 0.0369. The Morgan fingerprint density at radius 3 is 2.16 bits per heavy atom. The van der Waals surface area contributed by atoms with Crippen LogP contribution in [0.15, 0.2) is 103 Å². The maximum Gasteiger partial charge on any atom is 0.433 e. The maximum atomic E-state index is 14.0. The number of halogens is 4. The van der Waals surface area contributed by atoms with Crippen molar-refractivity contribution in [3.8, 4) is 11.3 Å². The minimum atomic E-state index is -4.63. The first-order valence-corrected chi connectivity index (χ1v) is 13.1. The van der Waals surface area contributed by atoms with E-state index in [9.17, 15) is 26.0 Å². The van der Waals surface area contributed by atoms with Gasteiger partial charge >= 0.3 is 6.18 Å². The molecule has 0 aliphatic heterocycles. The van der Waals surface area contributed by atoms with Crippen LogP contribution < -0.4 is 0 Å². The Hall–Kier alpha value is -3.72. The Morgan fingerprint density at radius 2 is 1.70 bits per heavy atom. The van der Waals surface area contributed by atoms with Crippen molar-refractivity contribution in [1.82, 2.24) is 9.78 Å². The molecule has 37 heavy (non-hydrogen) atoms. The average Bonchev–Trinajstić information content (AvgIpc) is 3.21. The van der Waals surface area contributed by atoms with E-state index in [1.807, 2.05) is 30.3 Å². The zero-order chi connectivity index (χ0) is 27.6. The van der Waals surface area contributed by atoms with Gasteiger partial charge in [0.1, 0.15) is 17.2 Å². The summed E-state index contributed by atoms with van der Waals surface area (Å²) in [7, 11) is -3.42. The molecule has 0 atom stereocenters. The summed E-state index contributed by atoms with van der Waals surface area (Å²) in [5, 5.41) is 4.27. The smallest absolute Gasteiger partial charge is 0.259 e. The number of allylic oxidation sites excluding steroid dienone is 5. The second-order valence-electron chi connectivity index (χ2n) is 7.91. The minimum Gasteiger partial charge on any atom is -0.259 e. The van der Waals surface area contributed by atoms with Crippen molar-refractivity contribution < 1.29 is 26.0 Å². The van der Waals surface area contributed by atoms with E-state index < -0.39 is 27.5 Å². The van der Waals surface area contributed by atoms with E-state index in [2.05, 4.69) is 18.3 Å². The van der Waals surface area contributed by atoms with Gasteiger partial charge in [-0.25, -0.2) is 12.8 Å². The summed E-state index contributed by atoms with van der Waals surface area (Å²) < 4.78 is 77.8. The fourth-order valence-electron chi connectivity index (χ4n) is 3.39. The lowest BCUT2D eigenvalue weighted by Crippen LogP contribution is -2.17. The van der Waals surface area contributed by atoms with Crippen LogP contribution in [0.5, 0.6) is 0 Å². The molecule has 3 rings (SSSR count). The van der Waals surface area contributed by atoms with E-state index in [0.29, 0.717) is 12.0 Å². The summed E-state index contributed by atoms with van der Waals surface area (Å²) in [5.74, 6) is -0.391. The van der Waals surface area contributed by atoms with Gasteiger partial charge in [-0.05, 0) is 37.1 Å². The van der Waals surface area contributed by atoms with Gasteiger partial charge in [0, 0.05) is 23.9 Å². The van der Waals surface area contributed by atoms with Gasteiger partial charge in [-0.1, -0.05) is 79.9 Å². The van der Waals surface area contributed by atoms with Crippen LogP contribution in [0.4, 0.5) is 17.6 Å². The lowest BCUT2D eigenvalue weighted by molar-refractivity contribution is -0.144. The molecule has 0 spiro atoms. The summed E-state index contributed by atoms with van der Waals surface area (Å²) in [4.78, 5) is 0.0824. The van der Waals surface area contributed by atoms with E-state index in [0.717, 1.165) is 16.5 Å². The van der Waals surface area contributed by atoms with Crippen LogP contribution in [-0.2, 0) is 29.0 Å². The molecule has 1 heterocycles. The molecule has 9 heteroatoms. The van der Waals surface area contributed by atoms with Gasteiger partial charge in [0.25, 0.3) is 0 Å². The molecular formula is C28H28F4N2O2S. The highest BCUT2D eigenvalue weighted by Gasteiger charge is 2.39. The van der Waals surface area contributed by atoms with Gasteiger partial charge in [-0.2, -0.15) is 18.3 Å². The molecular weight excluding hydrogens is 504 g/mol. The molecule has 0 amide bonds. The van der Waals surface area contributed by atoms with Gasteiger partial charge in [-0.3, -0.25) is 4.68 Å². The zero-order valence-corrected chi connectivity index (χ0v) is 21.4. The lowest BCUT2D eigenvalue weighted by atomic mass is 10.0. The van der Waals surface area contributed by atoms with Crippen LogP contribution >= 0.6 is 0 Å². The monoisotopic (exact) mass is 532 g/mol. The predicted octanol–water partition coefficient (Wildman–Crippen LogP) is 7.46. The number of aromatic nitrogens is 2. The van der Waals surface area contributed by atoms with Gasteiger partial charge in [0.2, 0.25) is 0 Å². The Balaban J connectivity index is 0.000000717. The lowest BCUT2D eigenvalue weighted by Gasteiger charge is -2.11. The second kappa shape index (κ2) is 13.0. The molecule has 4 nitrogen and oxygen atoms in total. The third-order valence-electron chi connectivity index (χ3n) is 5.02. The topological polar surface area (TPSA) is 52.0 Å². The van der Waals surface area contributed by atoms with Crippen molar-refractivity contribution in [1.29, 1.82) is 0 Å². The number of sulfone groups is 1. The third-order valence-corrected chi connectivity index (χ3v) is 6.14. The Labute approximate surface area is 214 Å². The maximum absolute atomic E-state index is 14.0. The number of nitrogens with zero attached hydrogens (tertiary/aromatic N) is 2. The van der Waals surface area contributed by atoms with Crippen molar-refractivity contribution in [2.75, 3.05) is 6.26 Å². The number of hydrogen-bond donors (Lipinski definition) is 0. The molecule has 1 aromatic heterocycles. The predicted molar refractivity (Wildman–Crippen MR) is 140 cm³/mol. The highest BCUT2D eigenvalue weighted by molar-refractivity contribution is 7.90. The van der Waals surface area contributed by atoms with Crippen molar-refractivity contribution in [3.05, 3.63) is 115 Å². The molecule has 0 radical (unpaired) electrons. The van der Waals surface area contributed by atoms with Crippen molar-refractivity contribution >= 4 is 15.9 Å². The zero-order valence-electron chi connectivity index (χ0n) is 20.5. The van der Waals surface area contributed by atoms with Crippen LogP contribution in [0.2, 0.25) is 0 Å². The van der Waals surface area contributed by atoms with Gasteiger partial charge in [0.15, 0.2) is 9.84 Å². The van der Waals surface area contributed by atoms with Crippen molar-refractivity contribution in [3.63, 3.8) is 0 Å². The summed E-state index contributed by atoms with van der Waals surface area (Å²) in [5.41, 5.74) is 0.461.